The van der Waals surface area contributed by atoms with Crippen molar-refractivity contribution in [3.8, 4) is 10.7 Å². The topological polar surface area (TPSA) is 88.0 Å². The highest BCUT2D eigenvalue weighted by Gasteiger charge is 2.13. The van der Waals surface area contributed by atoms with Crippen LogP contribution >= 0.6 is 11.3 Å². The molecule has 0 aliphatic carbocycles. The Kier molecular flexibility index (Phi) is 5.35. The number of hydrogen-bond acceptors (Lipinski definition) is 6. The summed E-state index contributed by atoms with van der Waals surface area (Å²) in [6, 6.07) is 0. The van der Waals surface area contributed by atoms with Crippen molar-refractivity contribution in [3.63, 3.8) is 0 Å². The molecule has 2 aromatic heterocycles. The molecule has 2 heterocycles. The zero-order valence-electron chi connectivity index (χ0n) is 12.0. The maximum absolute atomic E-state index is 11.8. The van der Waals surface area contributed by atoms with Gasteiger partial charge in [-0.15, -0.1) is 11.3 Å². The van der Waals surface area contributed by atoms with E-state index < -0.39 is 6.10 Å². The van der Waals surface area contributed by atoms with Gasteiger partial charge in [-0.3, -0.25) is 14.8 Å². The Bertz CT molecular complexity index is 586. The molecule has 0 saturated carbocycles. The number of carbonyl (C=O) groups excluding carboxylic acids is 1. The fraction of sp³-hybridized carbons (Fsp3) is 0.429. The van der Waals surface area contributed by atoms with Crippen LogP contribution in [0.25, 0.3) is 10.7 Å². The predicted octanol–water partition coefficient (Wildman–Crippen LogP) is 1.28. The van der Waals surface area contributed by atoms with Gasteiger partial charge in [0.2, 0.25) is 5.91 Å². The normalized spacial score (nSPS) is 12.4. The Labute approximate surface area is 127 Å². The second-order valence-electron chi connectivity index (χ2n) is 5.03. The average molecular weight is 306 g/mol. The van der Waals surface area contributed by atoms with Crippen LogP contribution in [0.5, 0.6) is 0 Å². The van der Waals surface area contributed by atoms with Crippen LogP contribution in [0.15, 0.2) is 24.0 Å². The van der Waals surface area contributed by atoms with E-state index in [1.807, 2.05) is 19.2 Å². The van der Waals surface area contributed by atoms with E-state index in [9.17, 15) is 9.90 Å². The van der Waals surface area contributed by atoms with E-state index in [0.717, 1.165) is 5.01 Å². The number of hydrogen-bond donors (Lipinski definition) is 2. The number of rotatable bonds is 6. The minimum atomic E-state index is -0.528. The summed E-state index contributed by atoms with van der Waals surface area (Å²) in [7, 11) is 0. The van der Waals surface area contributed by atoms with Crippen molar-refractivity contribution in [2.24, 2.45) is 5.92 Å². The molecule has 6 nitrogen and oxygen atoms in total. The number of nitrogens with zero attached hydrogens (tertiary/aromatic N) is 3. The molecule has 1 atom stereocenters. The van der Waals surface area contributed by atoms with E-state index in [1.54, 1.807) is 18.6 Å². The second kappa shape index (κ2) is 7.24. The summed E-state index contributed by atoms with van der Waals surface area (Å²) in [5, 5.41) is 14.9. The minimum absolute atomic E-state index is 0.118. The first-order valence-electron chi connectivity index (χ1n) is 6.72. The van der Waals surface area contributed by atoms with Gasteiger partial charge < -0.3 is 10.4 Å². The first kappa shape index (κ1) is 15.5. The molecule has 0 aliphatic rings. The van der Waals surface area contributed by atoms with Crippen molar-refractivity contribution in [1.29, 1.82) is 0 Å². The molecule has 7 heteroatoms. The highest BCUT2D eigenvalue weighted by atomic mass is 32.1. The van der Waals surface area contributed by atoms with Crippen molar-refractivity contribution in [2.45, 2.75) is 26.4 Å². The smallest absolute Gasteiger partial charge is 0.226 e. The van der Waals surface area contributed by atoms with Crippen molar-refractivity contribution in [3.05, 3.63) is 29.7 Å². The summed E-state index contributed by atoms with van der Waals surface area (Å²) in [5.74, 6) is -0.0291. The molecule has 0 spiro atoms. The van der Waals surface area contributed by atoms with Crippen LogP contribution in [0, 0.1) is 5.92 Å². The summed E-state index contributed by atoms with van der Waals surface area (Å²) >= 11 is 1.43. The zero-order chi connectivity index (χ0) is 15.2. The molecule has 1 amide bonds. The van der Waals surface area contributed by atoms with E-state index in [1.165, 1.54) is 11.3 Å². The van der Waals surface area contributed by atoms with E-state index in [-0.39, 0.29) is 24.8 Å². The van der Waals surface area contributed by atoms with Gasteiger partial charge in [0.05, 0.1) is 24.4 Å². The average Bonchev–Trinajstić information content (AvgIpc) is 2.94. The Hall–Kier alpha value is -1.86. The lowest BCUT2D eigenvalue weighted by Crippen LogP contribution is -2.35. The van der Waals surface area contributed by atoms with Gasteiger partial charge >= 0.3 is 0 Å². The summed E-state index contributed by atoms with van der Waals surface area (Å²) in [4.78, 5) is 24.3. The Balaban J connectivity index is 1.89. The first-order chi connectivity index (χ1) is 10.1. The van der Waals surface area contributed by atoms with Gasteiger partial charge in [0.15, 0.2) is 0 Å². The lowest BCUT2D eigenvalue weighted by atomic mass is 10.1. The van der Waals surface area contributed by atoms with Gasteiger partial charge in [-0.2, -0.15) is 0 Å². The van der Waals surface area contributed by atoms with Crippen LogP contribution in [-0.2, 0) is 11.2 Å². The van der Waals surface area contributed by atoms with Crippen molar-refractivity contribution in [1.82, 2.24) is 20.3 Å². The first-order valence-corrected chi connectivity index (χ1v) is 7.59. The van der Waals surface area contributed by atoms with Gasteiger partial charge in [0.1, 0.15) is 10.7 Å². The number of nitrogens with one attached hydrogen (secondary N) is 1. The maximum atomic E-state index is 11.8. The molecule has 21 heavy (non-hydrogen) atoms. The van der Waals surface area contributed by atoms with Crippen LogP contribution in [0.1, 0.15) is 19.5 Å². The highest BCUT2D eigenvalue weighted by Crippen LogP contribution is 2.20. The highest BCUT2D eigenvalue weighted by molar-refractivity contribution is 7.13. The molecule has 0 aromatic carbocycles. The van der Waals surface area contributed by atoms with Crippen molar-refractivity contribution in [2.75, 3.05) is 6.54 Å². The van der Waals surface area contributed by atoms with E-state index in [4.69, 9.17) is 0 Å². The van der Waals surface area contributed by atoms with Gasteiger partial charge in [0, 0.05) is 24.3 Å². The number of carbonyl (C=O) groups is 1. The molecule has 0 fully saturated rings. The molecule has 2 aromatic rings. The molecule has 2 N–H and O–H groups in total. The number of thiazole rings is 1. The van der Waals surface area contributed by atoms with Crippen LogP contribution in [-0.4, -0.2) is 38.6 Å². The van der Waals surface area contributed by atoms with Crippen LogP contribution < -0.4 is 5.32 Å². The number of amides is 1. The van der Waals surface area contributed by atoms with Crippen molar-refractivity contribution >= 4 is 17.2 Å². The Morgan fingerprint density at radius 1 is 1.43 bits per heavy atom. The monoisotopic (exact) mass is 306 g/mol. The largest absolute Gasteiger partial charge is 0.391 e. The molecule has 2 rings (SSSR count). The van der Waals surface area contributed by atoms with Crippen LogP contribution in [0.4, 0.5) is 0 Å². The third kappa shape index (κ3) is 4.57. The minimum Gasteiger partial charge on any atom is -0.391 e. The SMILES string of the molecule is CC(C)C(O)CNC(=O)Cc1csc(-c2cnccn2)n1. The maximum Gasteiger partial charge on any atom is 0.226 e. The summed E-state index contributed by atoms with van der Waals surface area (Å²) in [5.41, 5.74) is 1.39. The van der Waals surface area contributed by atoms with E-state index in [0.29, 0.717) is 11.4 Å². The third-order valence-electron chi connectivity index (χ3n) is 2.95. The van der Waals surface area contributed by atoms with Gasteiger partial charge in [-0.1, -0.05) is 13.8 Å². The summed E-state index contributed by atoms with van der Waals surface area (Å²) in [6.07, 6.45) is 4.52. The zero-order valence-corrected chi connectivity index (χ0v) is 12.8. The summed E-state index contributed by atoms with van der Waals surface area (Å²) in [6.45, 7) is 4.08. The Morgan fingerprint density at radius 2 is 2.24 bits per heavy atom. The van der Waals surface area contributed by atoms with E-state index in [2.05, 4.69) is 20.3 Å². The number of aliphatic hydroxyl groups excluding tert-OH is 1. The van der Waals surface area contributed by atoms with Gasteiger partial charge in [-0.25, -0.2) is 4.98 Å². The van der Waals surface area contributed by atoms with Gasteiger partial charge in [0.25, 0.3) is 0 Å². The number of aromatic nitrogens is 3. The molecule has 0 bridgehead atoms. The molecule has 1 unspecified atom stereocenters. The molecule has 0 radical (unpaired) electrons. The fourth-order valence-corrected chi connectivity index (χ4v) is 2.38. The second-order valence-corrected chi connectivity index (χ2v) is 5.88. The Morgan fingerprint density at radius 3 is 2.90 bits per heavy atom. The molecule has 112 valence electrons. The van der Waals surface area contributed by atoms with Gasteiger partial charge in [-0.05, 0) is 5.92 Å². The lowest BCUT2D eigenvalue weighted by Gasteiger charge is -2.14. The fourth-order valence-electron chi connectivity index (χ4n) is 1.60. The predicted molar refractivity (Wildman–Crippen MR) is 80.7 cm³/mol. The molecule has 0 aliphatic heterocycles. The van der Waals surface area contributed by atoms with E-state index >= 15 is 0 Å². The van der Waals surface area contributed by atoms with Crippen molar-refractivity contribution < 1.29 is 9.90 Å². The molecular weight excluding hydrogens is 288 g/mol. The quantitative estimate of drug-likeness (QED) is 0.839. The standard InChI is InChI=1S/C14H18N4O2S/c1-9(2)12(19)7-17-13(20)5-10-8-21-14(18-10)11-6-15-3-4-16-11/h3-4,6,8-9,12,19H,5,7H2,1-2H3,(H,17,20). The van der Waals surface area contributed by atoms with Crippen LogP contribution in [0.2, 0.25) is 0 Å². The summed E-state index contributed by atoms with van der Waals surface area (Å²) < 4.78 is 0. The van der Waals surface area contributed by atoms with Crippen LogP contribution in [0.3, 0.4) is 0 Å². The third-order valence-corrected chi connectivity index (χ3v) is 3.87. The molecular formula is C14H18N4O2S. The lowest BCUT2D eigenvalue weighted by molar-refractivity contribution is -0.121. The number of aliphatic hydroxyl groups is 1. The molecule has 0 saturated heterocycles.